The van der Waals surface area contributed by atoms with Crippen molar-refractivity contribution in [2.24, 2.45) is 0 Å². The number of nitrogens with zero attached hydrogens (tertiary/aromatic N) is 1. The fourth-order valence-corrected chi connectivity index (χ4v) is 2.75. The van der Waals surface area contributed by atoms with E-state index in [1.165, 1.54) is 0 Å². The molecular formula is C16H13F3N2O. The third-order valence-corrected chi connectivity index (χ3v) is 3.87. The van der Waals surface area contributed by atoms with Gasteiger partial charge in [-0.15, -0.1) is 0 Å². The molecule has 22 heavy (non-hydrogen) atoms. The van der Waals surface area contributed by atoms with Gasteiger partial charge in [-0.1, -0.05) is 6.07 Å². The van der Waals surface area contributed by atoms with Crippen molar-refractivity contribution in [2.75, 3.05) is 6.54 Å². The van der Waals surface area contributed by atoms with Gasteiger partial charge < -0.3 is 5.32 Å². The Hall–Kier alpha value is -2.37. The molecule has 2 aromatic rings. The first-order chi connectivity index (χ1) is 10.4. The summed E-state index contributed by atoms with van der Waals surface area (Å²) in [7, 11) is 0. The van der Waals surface area contributed by atoms with Gasteiger partial charge in [0, 0.05) is 18.3 Å². The highest BCUT2D eigenvalue weighted by atomic mass is 19.4. The van der Waals surface area contributed by atoms with E-state index < -0.39 is 11.9 Å². The molecule has 1 amide bonds. The summed E-state index contributed by atoms with van der Waals surface area (Å²) in [5.41, 5.74) is 2.56. The van der Waals surface area contributed by atoms with Crippen molar-refractivity contribution in [1.29, 1.82) is 0 Å². The van der Waals surface area contributed by atoms with Crippen LogP contribution in [-0.2, 0) is 12.6 Å². The minimum atomic E-state index is -4.47. The number of nitrogens with one attached hydrogen (secondary N) is 1. The maximum absolute atomic E-state index is 12.8. The van der Waals surface area contributed by atoms with Crippen LogP contribution < -0.4 is 5.32 Å². The number of hydrogen-bond donors (Lipinski definition) is 1. The van der Waals surface area contributed by atoms with Crippen LogP contribution >= 0.6 is 0 Å². The molecule has 2 heterocycles. The summed E-state index contributed by atoms with van der Waals surface area (Å²) in [4.78, 5) is 15.2. The number of rotatable bonds is 1. The van der Waals surface area contributed by atoms with Crippen molar-refractivity contribution in [1.82, 2.24) is 10.3 Å². The van der Waals surface area contributed by atoms with Crippen molar-refractivity contribution in [3.63, 3.8) is 0 Å². The molecular weight excluding hydrogens is 293 g/mol. The van der Waals surface area contributed by atoms with Crippen molar-refractivity contribution >= 4 is 5.91 Å². The van der Waals surface area contributed by atoms with Crippen LogP contribution in [0.4, 0.5) is 13.2 Å². The van der Waals surface area contributed by atoms with E-state index in [0.29, 0.717) is 29.7 Å². The van der Waals surface area contributed by atoms with E-state index in [1.54, 1.807) is 18.2 Å². The number of halogens is 3. The van der Waals surface area contributed by atoms with E-state index >= 15 is 0 Å². The molecule has 3 rings (SSSR count). The number of aromatic nitrogens is 1. The predicted octanol–water partition coefficient (Wildman–Crippen LogP) is 3.36. The molecule has 0 atom stereocenters. The lowest BCUT2D eigenvalue weighted by molar-refractivity contribution is -0.141. The fourth-order valence-electron chi connectivity index (χ4n) is 2.75. The molecule has 0 spiro atoms. The van der Waals surface area contributed by atoms with Crippen LogP contribution in [0.25, 0.3) is 11.1 Å². The summed E-state index contributed by atoms with van der Waals surface area (Å²) < 4.78 is 38.4. The van der Waals surface area contributed by atoms with E-state index in [4.69, 9.17) is 0 Å². The molecule has 0 radical (unpaired) electrons. The second-order valence-electron chi connectivity index (χ2n) is 5.20. The zero-order chi connectivity index (χ0) is 15.9. The van der Waals surface area contributed by atoms with Gasteiger partial charge in [-0.05, 0) is 53.8 Å². The Bertz CT molecular complexity index is 754. The SMILES string of the molecule is Cc1c(-c2ccnc(C(F)(F)F)c2)ccc2c1CCNC2=O. The molecule has 1 aromatic carbocycles. The summed E-state index contributed by atoms with van der Waals surface area (Å²) in [6, 6.07) is 5.94. The highest BCUT2D eigenvalue weighted by Crippen LogP contribution is 2.33. The molecule has 114 valence electrons. The molecule has 1 N–H and O–H groups in total. The Morgan fingerprint density at radius 2 is 1.91 bits per heavy atom. The van der Waals surface area contributed by atoms with Crippen LogP contribution in [0, 0.1) is 6.92 Å². The third-order valence-electron chi connectivity index (χ3n) is 3.87. The minimum absolute atomic E-state index is 0.137. The molecule has 0 saturated carbocycles. The Labute approximate surface area is 125 Å². The van der Waals surface area contributed by atoms with Gasteiger partial charge in [-0.2, -0.15) is 13.2 Å². The molecule has 0 bridgehead atoms. The average Bonchev–Trinajstić information content (AvgIpc) is 2.48. The molecule has 0 fully saturated rings. The van der Waals surface area contributed by atoms with Gasteiger partial charge in [0.2, 0.25) is 0 Å². The number of fused-ring (bicyclic) bond motifs is 1. The first kappa shape index (κ1) is 14.6. The van der Waals surface area contributed by atoms with Gasteiger partial charge in [0.05, 0.1) is 0 Å². The highest BCUT2D eigenvalue weighted by molar-refractivity contribution is 5.98. The summed E-state index contributed by atoms with van der Waals surface area (Å²) >= 11 is 0. The van der Waals surface area contributed by atoms with Crippen LogP contribution in [0.15, 0.2) is 30.5 Å². The summed E-state index contributed by atoms with van der Waals surface area (Å²) in [5, 5.41) is 2.76. The Balaban J connectivity index is 2.12. The number of alkyl halides is 3. The summed E-state index contributed by atoms with van der Waals surface area (Å²) in [6.07, 6.45) is -2.64. The first-order valence-electron chi connectivity index (χ1n) is 6.82. The second kappa shape index (κ2) is 5.12. The Kier molecular flexibility index (Phi) is 3.39. The van der Waals surface area contributed by atoms with E-state index in [9.17, 15) is 18.0 Å². The van der Waals surface area contributed by atoms with Gasteiger partial charge in [0.15, 0.2) is 0 Å². The van der Waals surface area contributed by atoms with E-state index in [0.717, 1.165) is 23.4 Å². The Morgan fingerprint density at radius 3 is 2.64 bits per heavy atom. The van der Waals surface area contributed by atoms with Crippen molar-refractivity contribution in [3.8, 4) is 11.1 Å². The average molecular weight is 306 g/mol. The number of benzene rings is 1. The van der Waals surface area contributed by atoms with Gasteiger partial charge >= 0.3 is 6.18 Å². The standard InChI is InChI=1S/C16H13F3N2O/c1-9-11(2-3-13-12(9)5-7-21-15(13)22)10-4-6-20-14(8-10)16(17,18)19/h2-4,6,8H,5,7H2,1H3,(H,21,22). The maximum Gasteiger partial charge on any atom is 0.433 e. The van der Waals surface area contributed by atoms with E-state index in [1.807, 2.05) is 6.92 Å². The van der Waals surface area contributed by atoms with E-state index in [2.05, 4.69) is 10.3 Å². The molecule has 1 aromatic heterocycles. The molecule has 6 heteroatoms. The molecule has 1 aliphatic rings. The zero-order valence-corrected chi connectivity index (χ0v) is 11.8. The van der Waals surface area contributed by atoms with Crippen molar-refractivity contribution in [3.05, 3.63) is 52.8 Å². The zero-order valence-electron chi connectivity index (χ0n) is 11.8. The van der Waals surface area contributed by atoms with Gasteiger partial charge in [0.25, 0.3) is 5.91 Å². The number of carbonyl (C=O) groups is 1. The monoisotopic (exact) mass is 306 g/mol. The number of amides is 1. The lowest BCUT2D eigenvalue weighted by Gasteiger charge is -2.21. The van der Waals surface area contributed by atoms with E-state index in [-0.39, 0.29) is 5.91 Å². The Morgan fingerprint density at radius 1 is 1.18 bits per heavy atom. The molecule has 0 unspecified atom stereocenters. The second-order valence-corrected chi connectivity index (χ2v) is 5.20. The fraction of sp³-hybridized carbons (Fsp3) is 0.250. The van der Waals surface area contributed by atoms with Gasteiger partial charge in [-0.3, -0.25) is 9.78 Å². The predicted molar refractivity (Wildman–Crippen MR) is 75.4 cm³/mol. The summed E-state index contributed by atoms with van der Waals surface area (Å²) in [6.45, 7) is 2.38. The number of hydrogen-bond acceptors (Lipinski definition) is 2. The quantitative estimate of drug-likeness (QED) is 0.878. The lowest BCUT2D eigenvalue weighted by atomic mass is 9.89. The van der Waals surface area contributed by atoms with Crippen LogP contribution in [0.5, 0.6) is 0 Å². The smallest absolute Gasteiger partial charge is 0.352 e. The molecule has 0 aliphatic carbocycles. The minimum Gasteiger partial charge on any atom is -0.352 e. The van der Waals surface area contributed by atoms with Crippen LogP contribution in [0.3, 0.4) is 0 Å². The van der Waals surface area contributed by atoms with Crippen molar-refractivity contribution in [2.45, 2.75) is 19.5 Å². The van der Waals surface area contributed by atoms with Crippen LogP contribution in [0.1, 0.15) is 27.2 Å². The number of pyridine rings is 1. The topological polar surface area (TPSA) is 42.0 Å². The molecule has 0 saturated heterocycles. The van der Waals surface area contributed by atoms with Gasteiger partial charge in [-0.25, -0.2) is 0 Å². The maximum atomic E-state index is 12.8. The van der Waals surface area contributed by atoms with Crippen LogP contribution in [-0.4, -0.2) is 17.4 Å². The molecule has 1 aliphatic heterocycles. The van der Waals surface area contributed by atoms with Crippen LogP contribution in [0.2, 0.25) is 0 Å². The van der Waals surface area contributed by atoms with Crippen molar-refractivity contribution < 1.29 is 18.0 Å². The number of carbonyl (C=O) groups excluding carboxylic acids is 1. The lowest BCUT2D eigenvalue weighted by Crippen LogP contribution is -2.32. The first-order valence-corrected chi connectivity index (χ1v) is 6.82. The summed E-state index contributed by atoms with van der Waals surface area (Å²) in [5.74, 6) is -0.137. The normalized spacial score (nSPS) is 14.5. The third kappa shape index (κ3) is 2.45. The highest BCUT2D eigenvalue weighted by Gasteiger charge is 2.32. The molecule has 3 nitrogen and oxygen atoms in total. The van der Waals surface area contributed by atoms with Gasteiger partial charge in [0.1, 0.15) is 5.69 Å². The largest absolute Gasteiger partial charge is 0.433 e.